The van der Waals surface area contributed by atoms with Gasteiger partial charge in [-0.2, -0.15) is 57.1 Å². The first-order valence-corrected chi connectivity index (χ1v) is 13.0. The Morgan fingerprint density at radius 3 is 1.44 bits per heavy atom. The van der Waals surface area contributed by atoms with E-state index >= 15 is 0 Å². The van der Waals surface area contributed by atoms with Crippen LogP contribution in [0.25, 0.3) is 0 Å². The van der Waals surface area contributed by atoms with Crippen molar-refractivity contribution < 1.29 is 87.1 Å². The van der Waals surface area contributed by atoms with Gasteiger partial charge in [-0.3, -0.25) is 4.18 Å². The molecule has 0 aromatic rings. The molecule has 39 heavy (non-hydrogen) atoms. The van der Waals surface area contributed by atoms with Gasteiger partial charge in [-0.25, -0.2) is 16.8 Å². The molecule has 0 spiro atoms. The normalized spacial score (nSPS) is 15.1. The second kappa shape index (κ2) is 12.8. The van der Waals surface area contributed by atoms with Gasteiger partial charge >= 0.3 is 35.1 Å². The monoisotopic (exact) mass is 652 g/mol. The Hall–Kier alpha value is -1.17. The minimum atomic E-state index is -8.13. The molecule has 0 aliphatic carbocycles. The van der Waals surface area contributed by atoms with Crippen molar-refractivity contribution in [2.75, 3.05) is 53.1 Å². The molecule has 0 saturated carbocycles. The molecular weight excluding hydrogens is 627 g/mol. The highest BCUT2D eigenvalue weighted by Crippen LogP contribution is 2.61. The fraction of sp³-hybridized carbons (Fsp3) is 1.00. The van der Waals surface area contributed by atoms with Gasteiger partial charge in [0.2, 0.25) is 20.2 Å². The van der Waals surface area contributed by atoms with Crippen molar-refractivity contribution >= 4 is 20.2 Å². The number of nitrogens with one attached hydrogen (secondary N) is 1. The molecule has 0 aromatic carbocycles. The maximum absolute atomic E-state index is 13.7. The van der Waals surface area contributed by atoms with Crippen LogP contribution in [0.5, 0.6) is 0 Å². The van der Waals surface area contributed by atoms with E-state index in [1.54, 1.807) is 21.1 Å². The highest BCUT2D eigenvalue weighted by Gasteiger charge is 2.92. The third-order valence-corrected chi connectivity index (χ3v) is 6.59. The van der Waals surface area contributed by atoms with Crippen LogP contribution in [0, 0.1) is 0 Å². The summed E-state index contributed by atoms with van der Waals surface area (Å²) in [6.07, 6.45) is -7.26. The minimum Gasteiger partial charge on any atom is -0.726 e. The number of alkyl halides is 13. The van der Waals surface area contributed by atoms with E-state index in [2.05, 4.69) is 9.50 Å². The smallest absolute Gasteiger partial charge is 0.460 e. The molecular formula is C16H25F13N2O6S2. The van der Waals surface area contributed by atoms with Crippen molar-refractivity contribution in [3.63, 3.8) is 0 Å². The Balaban J connectivity index is 0. The lowest BCUT2D eigenvalue weighted by Crippen LogP contribution is -2.71. The molecule has 0 bridgehead atoms. The van der Waals surface area contributed by atoms with E-state index in [1.165, 1.54) is 6.92 Å². The summed E-state index contributed by atoms with van der Waals surface area (Å²) >= 11 is 0. The molecule has 0 heterocycles. The minimum absolute atomic E-state index is 0.0704. The third kappa shape index (κ3) is 9.71. The van der Waals surface area contributed by atoms with E-state index in [1.807, 2.05) is 0 Å². The average molecular weight is 652 g/mol. The molecule has 0 amide bonds. The lowest BCUT2D eigenvalue weighted by Gasteiger charge is -2.39. The zero-order valence-electron chi connectivity index (χ0n) is 20.4. The van der Waals surface area contributed by atoms with Gasteiger partial charge in [0.05, 0.1) is 40.0 Å². The van der Waals surface area contributed by atoms with Gasteiger partial charge < -0.3 is 14.4 Å². The fourth-order valence-electron chi connectivity index (χ4n) is 2.23. The first kappa shape index (κ1) is 40.0. The highest BCUT2D eigenvalue weighted by molar-refractivity contribution is 7.92. The summed E-state index contributed by atoms with van der Waals surface area (Å²) in [5.41, 5.74) is 0. The highest BCUT2D eigenvalue weighted by atomic mass is 32.3. The molecule has 0 radical (unpaired) electrons. The SMILES string of the molecule is CCOS(=O)(=O)[O-].C[N+](C)(C)CCCNCCS(=O)(=O)C(F)(F)C(F)(F)C(F)(F)C(F)(F)C(F)(F)C(F)(F)F. The van der Waals surface area contributed by atoms with Gasteiger partial charge in [-0.15, -0.1) is 0 Å². The quantitative estimate of drug-likeness (QED) is 0.101. The van der Waals surface area contributed by atoms with E-state index in [-0.39, 0.29) is 13.2 Å². The molecule has 8 nitrogen and oxygen atoms in total. The second-order valence-electron chi connectivity index (χ2n) is 8.56. The Labute approximate surface area is 214 Å². The van der Waals surface area contributed by atoms with E-state index in [4.69, 9.17) is 0 Å². The summed E-state index contributed by atoms with van der Waals surface area (Å²) in [5, 5.41) is -4.95. The molecule has 0 atom stereocenters. The van der Waals surface area contributed by atoms with Crippen molar-refractivity contribution in [2.24, 2.45) is 0 Å². The number of hydrogen-bond acceptors (Lipinski definition) is 7. The van der Waals surface area contributed by atoms with Crippen LogP contribution in [0.4, 0.5) is 57.1 Å². The van der Waals surface area contributed by atoms with E-state index in [9.17, 15) is 78.5 Å². The van der Waals surface area contributed by atoms with Crippen LogP contribution in [0.3, 0.4) is 0 Å². The maximum atomic E-state index is 13.7. The van der Waals surface area contributed by atoms with Gasteiger partial charge in [-0.05, 0) is 6.92 Å². The number of hydrogen-bond donors (Lipinski definition) is 1. The predicted molar refractivity (Wildman–Crippen MR) is 106 cm³/mol. The summed E-state index contributed by atoms with van der Waals surface area (Å²) in [6, 6.07) is 0. The molecule has 1 N–H and O–H groups in total. The fourth-order valence-corrected chi connectivity index (χ4v) is 3.71. The molecule has 0 saturated heterocycles. The second-order valence-corrected chi connectivity index (χ2v) is 11.8. The summed E-state index contributed by atoms with van der Waals surface area (Å²) < 4.78 is 224. The van der Waals surface area contributed by atoms with Gasteiger partial charge in [0, 0.05) is 19.5 Å². The Morgan fingerprint density at radius 1 is 0.718 bits per heavy atom. The van der Waals surface area contributed by atoms with Crippen LogP contribution in [0.2, 0.25) is 0 Å². The molecule has 238 valence electrons. The number of sulfone groups is 1. The number of halogens is 13. The number of rotatable bonds is 14. The summed E-state index contributed by atoms with van der Waals surface area (Å²) in [7, 11) is -5.95. The van der Waals surface area contributed by atoms with E-state index < -0.39 is 67.7 Å². The zero-order chi connectivity index (χ0) is 32.2. The van der Waals surface area contributed by atoms with E-state index in [0.29, 0.717) is 17.4 Å². The molecule has 0 fully saturated rings. The lowest BCUT2D eigenvalue weighted by molar-refractivity contribution is -0.870. The van der Waals surface area contributed by atoms with Crippen molar-refractivity contribution in [3.8, 4) is 0 Å². The van der Waals surface area contributed by atoms with Gasteiger partial charge in [0.1, 0.15) is 0 Å². The standard InChI is InChI=1S/C14H20F13N2O2S.C2H6O4S/c1-29(2,3)7-4-5-28-6-8-32(30,31)14(26,27)12(21,22)10(17,18)9(15,16)11(19,20)13(23,24)25;1-2-6-7(3,4)5/h28H,4-8H2,1-3H3;2H2,1H3,(H,3,4,5)/q+1;/p-1. The van der Waals surface area contributed by atoms with Gasteiger partial charge in [0.15, 0.2) is 0 Å². The van der Waals surface area contributed by atoms with Crippen LogP contribution in [0.15, 0.2) is 0 Å². The molecule has 0 rings (SSSR count). The van der Waals surface area contributed by atoms with Gasteiger partial charge in [-0.1, -0.05) is 0 Å². The molecule has 0 aromatic heterocycles. The average Bonchev–Trinajstić information content (AvgIpc) is 2.67. The van der Waals surface area contributed by atoms with Crippen molar-refractivity contribution in [1.29, 1.82) is 0 Å². The number of quaternary nitrogens is 1. The Bertz CT molecular complexity index is 995. The third-order valence-electron chi connectivity index (χ3n) is 4.29. The molecule has 0 aliphatic heterocycles. The Kier molecular flexibility index (Phi) is 13.1. The molecule has 23 heteroatoms. The summed E-state index contributed by atoms with van der Waals surface area (Å²) in [5.74, 6) is -34.1. The first-order chi connectivity index (χ1) is 16.8. The maximum Gasteiger partial charge on any atom is 0.460 e. The molecule has 0 unspecified atom stereocenters. The lowest BCUT2D eigenvalue weighted by atomic mass is 9.98. The van der Waals surface area contributed by atoms with Crippen molar-refractivity contribution in [3.05, 3.63) is 0 Å². The summed E-state index contributed by atoms with van der Waals surface area (Å²) in [4.78, 5) is 0. The molecule has 0 aliphatic rings. The number of nitrogens with zero attached hydrogens (tertiary/aromatic N) is 1. The van der Waals surface area contributed by atoms with Crippen LogP contribution < -0.4 is 5.32 Å². The van der Waals surface area contributed by atoms with Crippen molar-refractivity contribution in [1.82, 2.24) is 5.32 Å². The first-order valence-electron chi connectivity index (χ1n) is 10.1. The Morgan fingerprint density at radius 2 is 1.13 bits per heavy atom. The van der Waals surface area contributed by atoms with Crippen LogP contribution in [-0.2, 0) is 24.4 Å². The zero-order valence-corrected chi connectivity index (χ0v) is 22.0. The largest absolute Gasteiger partial charge is 0.726 e. The van der Waals surface area contributed by atoms with Crippen LogP contribution in [0.1, 0.15) is 13.3 Å². The summed E-state index contributed by atoms with van der Waals surface area (Å²) in [6.45, 7) is 0.662. The van der Waals surface area contributed by atoms with Crippen molar-refractivity contribution in [2.45, 2.75) is 48.5 Å². The van der Waals surface area contributed by atoms with Crippen LogP contribution in [-0.4, -0.2) is 114 Å². The topological polar surface area (TPSA) is 113 Å². The van der Waals surface area contributed by atoms with E-state index in [0.717, 1.165) is 0 Å². The predicted octanol–water partition coefficient (Wildman–Crippen LogP) is 3.27. The van der Waals surface area contributed by atoms with Gasteiger partial charge in [0.25, 0.3) is 0 Å². The van der Waals surface area contributed by atoms with Crippen LogP contribution >= 0.6 is 0 Å².